The van der Waals surface area contributed by atoms with Crippen molar-refractivity contribution in [1.82, 2.24) is 4.90 Å². The Kier molecular flexibility index (Phi) is 13.4. The number of benzene rings is 3. The van der Waals surface area contributed by atoms with E-state index in [1.165, 1.54) is 18.4 Å². The zero-order valence-corrected chi connectivity index (χ0v) is 32.3. The number of rotatable bonds is 16. The number of fused-ring (bicyclic) bond motifs is 1. The molecule has 0 aliphatic heterocycles. The maximum atomic E-state index is 13.9. The molecule has 1 heterocycles. The van der Waals surface area contributed by atoms with Crippen LogP contribution in [0.4, 0.5) is 10.7 Å². The quantitative estimate of drug-likeness (QED) is 0.0978. The molecule has 1 aromatic heterocycles. The van der Waals surface area contributed by atoms with Gasteiger partial charge in [0.05, 0.1) is 24.7 Å². The van der Waals surface area contributed by atoms with Gasteiger partial charge in [0.2, 0.25) is 5.91 Å². The summed E-state index contributed by atoms with van der Waals surface area (Å²) in [5, 5.41) is 15.9. The van der Waals surface area contributed by atoms with E-state index in [1.54, 1.807) is 49.1 Å². The number of hydrogen-bond acceptors (Lipinski definition) is 7. The number of nitrogens with one attached hydrogen (secondary N) is 2. The van der Waals surface area contributed by atoms with E-state index in [9.17, 15) is 29.1 Å². The number of carboxylic acid groups (broad SMARTS) is 1. The predicted octanol–water partition coefficient (Wildman–Crippen LogP) is 8.33. The van der Waals surface area contributed by atoms with Gasteiger partial charge in [-0.3, -0.25) is 19.2 Å². The molecule has 0 bridgehead atoms. The van der Waals surface area contributed by atoms with Gasteiger partial charge in [0.15, 0.2) is 0 Å². The number of aryl methyl sites for hydroxylation is 3. The number of aliphatic carboxylic acids is 1. The van der Waals surface area contributed by atoms with Gasteiger partial charge >= 0.3 is 11.9 Å². The average Bonchev–Trinajstić information content (AvgIpc) is 3.51. The van der Waals surface area contributed by atoms with Gasteiger partial charge in [-0.15, -0.1) is 11.3 Å². The molecule has 11 heteroatoms. The van der Waals surface area contributed by atoms with E-state index < -0.39 is 11.4 Å². The number of carbonyl (C=O) groups is 5. The maximum absolute atomic E-state index is 13.9. The highest BCUT2D eigenvalue weighted by molar-refractivity contribution is 7.17. The molecule has 284 valence electrons. The molecule has 1 aliphatic rings. The van der Waals surface area contributed by atoms with Crippen LogP contribution in [0.3, 0.4) is 0 Å². The van der Waals surface area contributed by atoms with Gasteiger partial charge in [-0.2, -0.15) is 0 Å². The summed E-state index contributed by atoms with van der Waals surface area (Å²) in [5.74, 6) is -2.04. The van der Waals surface area contributed by atoms with E-state index >= 15 is 0 Å². The fourth-order valence-corrected chi connectivity index (χ4v) is 8.10. The van der Waals surface area contributed by atoms with Crippen molar-refractivity contribution >= 4 is 51.7 Å². The summed E-state index contributed by atoms with van der Waals surface area (Å²) in [6.45, 7) is 6.34. The molecule has 5 rings (SSSR count). The van der Waals surface area contributed by atoms with Crippen LogP contribution in [0.1, 0.15) is 111 Å². The topological polar surface area (TPSA) is 142 Å². The first-order chi connectivity index (χ1) is 25.8. The van der Waals surface area contributed by atoms with Crippen molar-refractivity contribution in [2.24, 2.45) is 5.41 Å². The Bertz CT molecular complexity index is 1980. The number of hydrogen-bond donors (Lipinski definition) is 3. The first-order valence-electron chi connectivity index (χ1n) is 18.5. The molecule has 0 saturated heterocycles. The number of carbonyl (C=O) groups excluding carboxylic acids is 4. The summed E-state index contributed by atoms with van der Waals surface area (Å²) < 4.78 is 4.77. The Hall–Kier alpha value is -5.29. The molecule has 3 N–H and O–H groups in total. The Morgan fingerprint density at radius 1 is 0.815 bits per heavy atom. The molecule has 0 spiro atoms. The van der Waals surface area contributed by atoms with Crippen molar-refractivity contribution in [2.45, 2.75) is 85.1 Å². The van der Waals surface area contributed by atoms with Gasteiger partial charge in [-0.05, 0) is 109 Å². The van der Waals surface area contributed by atoms with Gasteiger partial charge in [-0.25, -0.2) is 4.79 Å². The lowest BCUT2D eigenvalue weighted by Gasteiger charge is -2.28. The zero-order chi connectivity index (χ0) is 38.8. The van der Waals surface area contributed by atoms with Crippen molar-refractivity contribution in [3.05, 3.63) is 117 Å². The highest BCUT2D eigenvalue weighted by atomic mass is 32.1. The average molecular weight is 752 g/mol. The van der Waals surface area contributed by atoms with Crippen LogP contribution in [0, 0.1) is 5.41 Å². The van der Waals surface area contributed by atoms with Crippen LogP contribution < -0.4 is 10.6 Å². The maximum Gasteiger partial charge on any atom is 0.337 e. The summed E-state index contributed by atoms with van der Waals surface area (Å²) in [5.41, 5.74) is 5.38. The first kappa shape index (κ1) is 39.9. The minimum Gasteiger partial charge on any atom is -0.481 e. The number of methoxy groups -OCH3 is 1. The largest absolute Gasteiger partial charge is 0.481 e. The van der Waals surface area contributed by atoms with Crippen LogP contribution in [-0.2, 0) is 46.6 Å². The second kappa shape index (κ2) is 18.2. The van der Waals surface area contributed by atoms with Gasteiger partial charge in [0.25, 0.3) is 11.8 Å². The Morgan fingerprint density at radius 3 is 2.13 bits per heavy atom. The Labute approximate surface area is 320 Å². The van der Waals surface area contributed by atoms with E-state index in [-0.39, 0.29) is 36.5 Å². The number of amides is 3. The monoisotopic (exact) mass is 751 g/mol. The van der Waals surface area contributed by atoms with Gasteiger partial charge in [0.1, 0.15) is 5.00 Å². The van der Waals surface area contributed by atoms with E-state index in [4.69, 9.17) is 4.74 Å². The SMILES string of the molecule is CCCN(Cc1cccc(C(=O)Nc2sc3c(c2C(=O)Nc2ccc(CCc4ccc(C(=O)OC)cc4)cc2)CCCC3)c1)C(=O)CC(C)(C)CC(=O)O. The summed E-state index contributed by atoms with van der Waals surface area (Å²) in [4.78, 5) is 66.7. The fraction of sp³-hybridized carbons (Fsp3) is 0.372. The van der Waals surface area contributed by atoms with Gasteiger partial charge in [-0.1, -0.05) is 57.2 Å². The second-order valence-corrected chi connectivity index (χ2v) is 15.7. The van der Waals surface area contributed by atoms with Crippen LogP contribution in [0.2, 0.25) is 0 Å². The third kappa shape index (κ3) is 10.7. The number of esters is 1. The first-order valence-corrected chi connectivity index (χ1v) is 19.3. The second-order valence-electron chi connectivity index (χ2n) is 14.6. The third-order valence-electron chi connectivity index (χ3n) is 9.58. The lowest BCUT2D eigenvalue weighted by molar-refractivity contribution is -0.140. The molecule has 0 radical (unpaired) electrons. The molecule has 54 heavy (non-hydrogen) atoms. The van der Waals surface area contributed by atoms with E-state index in [2.05, 4.69) is 10.6 Å². The third-order valence-corrected chi connectivity index (χ3v) is 10.8. The molecule has 3 amide bonds. The van der Waals surface area contributed by atoms with E-state index in [0.717, 1.165) is 72.1 Å². The molecule has 4 aromatic rings. The molecular formula is C43H49N3O7S. The molecule has 3 aromatic carbocycles. The molecule has 1 aliphatic carbocycles. The smallest absolute Gasteiger partial charge is 0.337 e. The zero-order valence-electron chi connectivity index (χ0n) is 31.5. The van der Waals surface area contributed by atoms with E-state index in [0.29, 0.717) is 40.5 Å². The highest BCUT2D eigenvalue weighted by Crippen LogP contribution is 2.39. The minimum absolute atomic E-state index is 0.104. The minimum atomic E-state index is -0.940. The van der Waals surface area contributed by atoms with Crippen molar-refractivity contribution < 1.29 is 33.8 Å². The van der Waals surface area contributed by atoms with E-state index in [1.807, 2.05) is 49.4 Å². The van der Waals surface area contributed by atoms with Crippen LogP contribution in [0.5, 0.6) is 0 Å². The number of thiophene rings is 1. The number of ether oxygens (including phenoxy) is 1. The van der Waals surface area contributed by atoms with Crippen LogP contribution >= 0.6 is 11.3 Å². The molecule has 10 nitrogen and oxygen atoms in total. The summed E-state index contributed by atoms with van der Waals surface area (Å²) in [7, 11) is 1.36. The lowest BCUT2D eigenvalue weighted by atomic mass is 9.85. The molecule has 0 fully saturated rings. The van der Waals surface area contributed by atoms with Gasteiger partial charge in [0, 0.05) is 35.6 Å². The highest BCUT2D eigenvalue weighted by Gasteiger charge is 2.29. The van der Waals surface area contributed by atoms with Gasteiger partial charge < -0.3 is 25.4 Å². The van der Waals surface area contributed by atoms with Crippen LogP contribution in [0.25, 0.3) is 0 Å². The summed E-state index contributed by atoms with van der Waals surface area (Å²) >= 11 is 1.46. The van der Waals surface area contributed by atoms with Crippen molar-refractivity contribution in [1.29, 1.82) is 0 Å². The number of carboxylic acids is 1. The fourth-order valence-electron chi connectivity index (χ4n) is 6.82. The van der Waals surface area contributed by atoms with Crippen molar-refractivity contribution in [3.8, 4) is 0 Å². The summed E-state index contributed by atoms with van der Waals surface area (Å²) in [6.07, 6.45) is 5.95. The molecule has 0 unspecified atom stereocenters. The standard InChI is InChI=1S/C43H49N3O7S/c1-5-23-46(36(47)25-43(2,3)26-37(48)49)27-30-9-8-10-32(24-30)39(50)45-41-38(34-11-6-7-12-35(34)54-41)40(51)44-33-21-17-29(18-22-33)14-13-28-15-19-31(20-16-28)42(52)53-4/h8-10,15-22,24H,5-7,11-14,23,25-27H2,1-4H3,(H,44,51)(H,45,50)(H,48,49). The predicted molar refractivity (Wildman–Crippen MR) is 211 cm³/mol. The van der Waals surface area contributed by atoms with Crippen molar-refractivity contribution in [2.75, 3.05) is 24.3 Å². The van der Waals surface area contributed by atoms with Crippen LogP contribution in [-0.4, -0.2) is 53.3 Å². The number of nitrogens with zero attached hydrogens (tertiary/aromatic N) is 1. The Morgan fingerprint density at radius 2 is 1.48 bits per heavy atom. The van der Waals surface area contributed by atoms with Crippen LogP contribution in [0.15, 0.2) is 72.8 Å². The summed E-state index contributed by atoms with van der Waals surface area (Å²) in [6, 6.07) is 22.3. The molecular weight excluding hydrogens is 703 g/mol. The molecule has 0 saturated carbocycles. The lowest BCUT2D eigenvalue weighted by Crippen LogP contribution is -2.35. The number of anilines is 2. The normalized spacial score (nSPS) is 12.4. The Balaban J connectivity index is 1.25. The molecule has 0 atom stereocenters. The van der Waals surface area contributed by atoms with Crippen molar-refractivity contribution in [3.63, 3.8) is 0 Å².